The van der Waals surface area contributed by atoms with E-state index in [1.807, 2.05) is 0 Å². The van der Waals surface area contributed by atoms with Crippen molar-refractivity contribution >= 4 is 34.3 Å². The predicted molar refractivity (Wildman–Crippen MR) is 120 cm³/mol. The zero-order valence-electron chi connectivity index (χ0n) is 17.5. The lowest BCUT2D eigenvalue weighted by Gasteiger charge is -2.09. The van der Waals surface area contributed by atoms with Crippen LogP contribution >= 0.6 is 0 Å². The number of carbonyl (C=O) groups is 2. The Morgan fingerprint density at radius 1 is 0.938 bits per heavy atom. The van der Waals surface area contributed by atoms with Crippen molar-refractivity contribution in [2.75, 3.05) is 24.4 Å². The number of aromatic nitrogens is 1. The molecule has 0 saturated carbocycles. The maximum absolute atomic E-state index is 12.5. The molecule has 0 bridgehead atoms. The minimum Gasteiger partial charge on any atom is -0.497 e. The minimum atomic E-state index is -0.307. The summed E-state index contributed by atoms with van der Waals surface area (Å²) in [5, 5.41) is 5.57. The molecule has 3 aromatic carbocycles. The Balaban J connectivity index is 1.31. The average Bonchev–Trinajstić information content (AvgIpc) is 3.17. The highest BCUT2D eigenvalue weighted by molar-refractivity contribution is 6.05. The third-order valence-corrected chi connectivity index (χ3v) is 4.59. The smallest absolute Gasteiger partial charge is 0.262 e. The summed E-state index contributed by atoms with van der Waals surface area (Å²) >= 11 is 0. The summed E-state index contributed by atoms with van der Waals surface area (Å²) in [4.78, 5) is 28.9. The van der Waals surface area contributed by atoms with Crippen molar-refractivity contribution in [1.29, 1.82) is 0 Å². The van der Waals surface area contributed by atoms with Crippen molar-refractivity contribution in [2.45, 2.75) is 6.92 Å². The zero-order chi connectivity index (χ0) is 22.5. The van der Waals surface area contributed by atoms with Crippen LogP contribution in [0.15, 0.2) is 71.1 Å². The van der Waals surface area contributed by atoms with Crippen molar-refractivity contribution in [1.82, 2.24) is 4.98 Å². The highest BCUT2D eigenvalue weighted by Gasteiger charge is 2.10. The lowest BCUT2D eigenvalue weighted by atomic mass is 10.2. The Morgan fingerprint density at radius 3 is 2.50 bits per heavy atom. The van der Waals surface area contributed by atoms with Crippen LogP contribution in [-0.2, 0) is 4.79 Å². The van der Waals surface area contributed by atoms with Crippen molar-refractivity contribution in [3.63, 3.8) is 0 Å². The molecule has 2 N–H and O–H groups in total. The van der Waals surface area contributed by atoms with Crippen LogP contribution < -0.4 is 20.1 Å². The molecule has 0 aliphatic rings. The number of nitrogens with one attached hydrogen (secondary N) is 2. The maximum Gasteiger partial charge on any atom is 0.262 e. The van der Waals surface area contributed by atoms with Gasteiger partial charge in [-0.3, -0.25) is 9.59 Å². The number of ether oxygens (including phenoxy) is 2. The Kier molecular flexibility index (Phi) is 6.03. The first-order chi connectivity index (χ1) is 15.5. The van der Waals surface area contributed by atoms with Gasteiger partial charge in [0.2, 0.25) is 0 Å². The van der Waals surface area contributed by atoms with Gasteiger partial charge in [-0.15, -0.1) is 0 Å². The second kappa shape index (κ2) is 9.22. The molecule has 1 heterocycles. The first-order valence-electron chi connectivity index (χ1n) is 9.85. The molecule has 0 fully saturated rings. The summed E-state index contributed by atoms with van der Waals surface area (Å²) in [7, 11) is 1.56. The minimum absolute atomic E-state index is 0.167. The van der Waals surface area contributed by atoms with Gasteiger partial charge in [-0.2, -0.15) is 0 Å². The summed E-state index contributed by atoms with van der Waals surface area (Å²) < 4.78 is 16.1. The third-order valence-electron chi connectivity index (χ3n) is 4.59. The fraction of sp³-hybridized carbons (Fsp3) is 0.125. The molecule has 2 amide bonds. The highest BCUT2D eigenvalue weighted by Crippen LogP contribution is 2.21. The molecule has 0 unspecified atom stereocenters. The SMILES string of the molecule is COc1cccc(NC(=O)COc2ccc(C(=O)Nc3ccc4oc(C)nc4c3)cc2)c1. The second-order valence-electron chi connectivity index (χ2n) is 6.96. The molecule has 0 aliphatic heterocycles. The van der Waals surface area contributed by atoms with Gasteiger partial charge in [-0.1, -0.05) is 6.07 Å². The number of nitrogens with zero attached hydrogens (tertiary/aromatic N) is 1. The molecule has 162 valence electrons. The molecule has 0 aliphatic carbocycles. The van der Waals surface area contributed by atoms with Crippen LogP contribution in [0.25, 0.3) is 11.1 Å². The van der Waals surface area contributed by atoms with Gasteiger partial charge in [0.15, 0.2) is 18.1 Å². The van der Waals surface area contributed by atoms with E-state index in [9.17, 15) is 9.59 Å². The van der Waals surface area contributed by atoms with Crippen LogP contribution in [0.2, 0.25) is 0 Å². The summed E-state index contributed by atoms with van der Waals surface area (Å²) in [6, 6.07) is 18.8. The Hall–Kier alpha value is -4.33. The van der Waals surface area contributed by atoms with Gasteiger partial charge in [0.05, 0.1) is 7.11 Å². The summed E-state index contributed by atoms with van der Waals surface area (Å²) in [6.07, 6.45) is 0. The lowest BCUT2D eigenvalue weighted by Crippen LogP contribution is -2.20. The van der Waals surface area contributed by atoms with Gasteiger partial charge in [-0.05, 0) is 54.6 Å². The number of anilines is 2. The Morgan fingerprint density at radius 2 is 1.72 bits per heavy atom. The molecular weight excluding hydrogens is 410 g/mol. The van der Waals surface area contributed by atoms with E-state index in [4.69, 9.17) is 13.9 Å². The molecule has 0 spiro atoms. The number of oxazole rings is 1. The predicted octanol–water partition coefficient (Wildman–Crippen LogP) is 4.41. The number of hydrogen-bond donors (Lipinski definition) is 2. The van der Waals surface area contributed by atoms with E-state index in [1.165, 1.54) is 0 Å². The second-order valence-corrected chi connectivity index (χ2v) is 6.96. The van der Waals surface area contributed by atoms with E-state index in [0.717, 1.165) is 0 Å². The Bertz CT molecular complexity index is 1260. The molecule has 8 nitrogen and oxygen atoms in total. The monoisotopic (exact) mass is 431 g/mol. The average molecular weight is 431 g/mol. The van der Waals surface area contributed by atoms with Crippen LogP contribution in [0, 0.1) is 6.92 Å². The number of rotatable bonds is 7. The van der Waals surface area contributed by atoms with Crippen LogP contribution in [-0.4, -0.2) is 30.5 Å². The van der Waals surface area contributed by atoms with Gasteiger partial charge in [0.1, 0.15) is 17.0 Å². The first-order valence-corrected chi connectivity index (χ1v) is 9.85. The van der Waals surface area contributed by atoms with E-state index < -0.39 is 0 Å². The van der Waals surface area contributed by atoms with Crippen LogP contribution in [0.3, 0.4) is 0 Å². The van der Waals surface area contributed by atoms with Crippen LogP contribution in [0.1, 0.15) is 16.2 Å². The van der Waals surface area contributed by atoms with Crippen LogP contribution in [0.5, 0.6) is 11.5 Å². The van der Waals surface area contributed by atoms with Gasteiger partial charge >= 0.3 is 0 Å². The number of aryl methyl sites for hydroxylation is 1. The van der Waals surface area contributed by atoms with Crippen molar-refractivity contribution in [3.05, 3.63) is 78.2 Å². The molecule has 0 radical (unpaired) electrons. The standard InChI is InChI=1S/C24H21N3O5/c1-15-25-21-13-18(8-11-22(21)32-15)27-24(29)16-6-9-19(10-7-16)31-14-23(28)26-17-4-3-5-20(12-17)30-2/h3-13H,14H2,1-2H3,(H,26,28)(H,27,29). The summed E-state index contributed by atoms with van der Waals surface area (Å²) in [5.74, 6) is 1.11. The molecule has 0 atom stereocenters. The number of amides is 2. The topological polar surface area (TPSA) is 103 Å². The lowest BCUT2D eigenvalue weighted by molar-refractivity contribution is -0.118. The Labute approximate surface area is 184 Å². The molecule has 4 aromatic rings. The fourth-order valence-corrected chi connectivity index (χ4v) is 3.07. The largest absolute Gasteiger partial charge is 0.497 e. The van der Waals surface area contributed by atoms with E-state index in [2.05, 4.69) is 15.6 Å². The number of methoxy groups -OCH3 is 1. The van der Waals surface area contributed by atoms with Crippen LogP contribution in [0.4, 0.5) is 11.4 Å². The van der Waals surface area contributed by atoms with Gasteiger partial charge in [0.25, 0.3) is 11.8 Å². The quantitative estimate of drug-likeness (QED) is 0.449. The van der Waals surface area contributed by atoms with Gasteiger partial charge < -0.3 is 24.5 Å². The van der Waals surface area contributed by atoms with Crippen molar-refractivity contribution < 1.29 is 23.5 Å². The molecule has 0 saturated heterocycles. The molecule has 1 aromatic heterocycles. The molecular formula is C24H21N3O5. The van der Waals surface area contributed by atoms with Gasteiger partial charge in [0, 0.05) is 29.9 Å². The first kappa shape index (κ1) is 20.9. The van der Waals surface area contributed by atoms with Crippen molar-refractivity contribution in [2.24, 2.45) is 0 Å². The normalized spacial score (nSPS) is 10.6. The zero-order valence-corrected chi connectivity index (χ0v) is 17.5. The number of hydrogen-bond acceptors (Lipinski definition) is 6. The molecule has 32 heavy (non-hydrogen) atoms. The van der Waals surface area contributed by atoms with Crippen molar-refractivity contribution in [3.8, 4) is 11.5 Å². The summed E-state index contributed by atoms with van der Waals surface area (Å²) in [6.45, 7) is 1.60. The van der Waals surface area contributed by atoms with E-state index in [0.29, 0.717) is 45.4 Å². The fourth-order valence-electron chi connectivity index (χ4n) is 3.07. The van der Waals surface area contributed by atoms with E-state index in [-0.39, 0.29) is 18.4 Å². The van der Waals surface area contributed by atoms with Gasteiger partial charge in [-0.25, -0.2) is 4.98 Å². The highest BCUT2D eigenvalue weighted by atomic mass is 16.5. The van der Waals surface area contributed by atoms with E-state index in [1.54, 1.807) is 80.8 Å². The van der Waals surface area contributed by atoms with E-state index >= 15 is 0 Å². The summed E-state index contributed by atoms with van der Waals surface area (Å²) in [5.41, 5.74) is 3.03. The number of carbonyl (C=O) groups excluding carboxylic acids is 2. The maximum atomic E-state index is 12.5. The molecule has 8 heteroatoms. The molecule has 4 rings (SSSR count). The third kappa shape index (κ3) is 5.04. The number of benzene rings is 3. The number of fused-ring (bicyclic) bond motifs is 1.